The van der Waals surface area contributed by atoms with Crippen LogP contribution < -0.4 is 5.32 Å². The molecule has 0 bridgehead atoms. The maximum absolute atomic E-state index is 13.2. The van der Waals surface area contributed by atoms with Crippen LogP contribution in [0.2, 0.25) is 0 Å². The summed E-state index contributed by atoms with van der Waals surface area (Å²) in [6, 6.07) is 14.0. The zero-order valence-electron chi connectivity index (χ0n) is 19.3. The smallest absolute Gasteiger partial charge is 0.407 e. The van der Waals surface area contributed by atoms with E-state index >= 15 is 0 Å². The van der Waals surface area contributed by atoms with Gasteiger partial charge in [0.25, 0.3) is 0 Å². The average Bonchev–Trinajstić information content (AvgIpc) is 3.38. The molecule has 1 heterocycles. The molecule has 1 saturated heterocycles. The van der Waals surface area contributed by atoms with Gasteiger partial charge in [0, 0.05) is 18.9 Å². The van der Waals surface area contributed by atoms with Gasteiger partial charge < -0.3 is 25.2 Å². The van der Waals surface area contributed by atoms with Gasteiger partial charge in [-0.15, -0.1) is 0 Å². The summed E-state index contributed by atoms with van der Waals surface area (Å²) < 4.78 is 5.59. The number of rotatable bonds is 7. The van der Waals surface area contributed by atoms with Crippen molar-refractivity contribution in [1.82, 2.24) is 10.2 Å². The summed E-state index contributed by atoms with van der Waals surface area (Å²) >= 11 is 0. The number of aliphatic carboxylic acids is 1. The molecule has 8 heteroatoms. The first-order chi connectivity index (χ1) is 16.3. The molecular formula is C26H30N2O6. The van der Waals surface area contributed by atoms with E-state index in [1.165, 1.54) is 0 Å². The lowest BCUT2D eigenvalue weighted by Gasteiger charge is -2.30. The van der Waals surface area contributed by atoms with Crippen molar-refractivity contribution in [2.24, 2.45) is 5.92 Å². The molecule has 0 saturated carbocycles. The van der Waals surface area contributed by atoms with Crippen LogP contribution >= 0.6 is 0 Å². The number of carbonyl (C=O) groups is 3. The first kappa shape index (κ1) is 23.8. The molecule has 4 rings (SSSR count). The van der Waals surface area contributed by atoms with Crippen molar-refractivity contribution in [3.63, 3.8) is 0 Å². The molecule has 2 aromatic rings. The van der Waals surface area contributed by atoms with E-state index < -0.39 is 36.2 Å². The molecule has 1 aliphatic carbocycles. The number of β-amino-alcohol motifs (C(OH)–C–C–N with tert-alkyl or cyclic N) is 1. The number of nitrogens with one attached hydrogen (secondary N) is 1. The Hall–Kier alpha value is -3.39. The summed E-state index contributed by atoms with van der Waals surface area (Å²) in [7, 11) is 0. The van der Waals surface area contributed by atoms with Crippen LogP contribution in [0.5, 0.6) is 0 Å². The fraction of sp³-hybridized carbons (Fsp3) is 0.423. The Morgan fingerprint density at radius 1 is 1.09 bits per heavy atom. The summed E-state index contributed by atoms with van der Waals surface area (Å²) in [6.45, 7) is 3.74. The van der Waals surface area contributed by atoms with E-state index in [1.54, 1.807) is 0 Å². The third kappa shape index (κ3) is 4.50. The molecule has 8 nitrogen and oxygen atoms in total. The second-order valence-corrected chi connectivity index (χ2v) is 9.07. The maximum atomic E-state index is 13.2. The summed E-state index contributed by atoms with van der Waals surface area (Å²) in [5.74, 6) is -2.05. The Morgan fingerprint density at radius 3 is 2.24 bits per heavy atom. The van der Waals surface area contributed by atoms with Gasteiger partial charge in [-0.1, -0.05) is 68.8 Å². The quantitative estimate of drug-likeness (QED) is 0.578. The van der Waals surface area contributed by atoms with Crippen molar-refractivity contribution in [3.8, 4) is 11.1 Å². The number of likely N-dealkylation sites (tertiary alicyclic amines) is 1. The molecule has 0 radical (unpaired) electrons. The van der Waals surface area contributed by atoms with Crippen LogP contribution in [-0.4, -0.2) is 64.4 Å². The molecule has 0 spiro atoms. The monoisotopic (exact) mass is 466 g/mol. The third-order valence-corrected chi connectivity index (χ3v) is 6.94. The van der Waals surface area contributed by atoms with Gasteiger partial charge in [0.05, 0.1) is 6.10 Å². The topological polar surface area (TPSA) is 116 Å². The van der Waals surface area contributed by atoms with Crippen molar-refractivity contribution in [2.45, 2.75) is 50.8 Å². The van der Waals surface area contributed by atoms with Crippen LogP contribution in [-0.2, 0) is 14.3 Å². The number of ether oxygens (including phenoxy) is 1. The first-order valence-corrected chi connectivity index (χ1v) is 11.6. The summed E-state index contributed by atoms with van der Waals surface area (Å²) in [5, 5.41) is 22.0. The zero-order valence-corrected chi connectivity index (χ0v) is 19.3. The second kappa shape index (κ2) is 9.85. The Balaban J connectivity index is 1.46. The summed E-state index contributed by atoms with van der Waals surface area (Å²) in [5.41, 5.74) is 4.40. The minimum atomic E-state index is -1.17. The number of aliphatic hydroxyl groups is 1. The molecule has 2 amide bonds. The van der Waals surface area contributed by atoms with Crippen molar-refractivity contribution in [1.29, 1.82) is 0 Å². The lowest BCUT2D eigenvalue weighted by Crippen LogP contribution is -2.54. The average molecular weight is 467 g/mol. The standard InChI is InChI=1S/C26H30N2O6/c1-3-15(2)23(24(30)28-13-16(29)12-22(28)25(31)32)27-26(33)34-14-21-19-10-6-4-8-17(19)18-9-5-7-11-20(18)21/h4-11,15-16,21-23,29H,3,12-14H2,1-2H3,(H,27,33)(H,31,32)/t15?,16-,22-,23-/m0/s1. The SMILES string of the molecule is CCC(C)[C@H](NC(=O)OCC1c2ccccc2-c2ccccc21)C(=O)N1C[C@@H](O)C[C@H]1C(=O)O. The third-order valence-electron chi connectivity index (χ3n) is 6.94. The van der Waals surface area contributed by atoms with Crippen LogP contribution in [0.1, 0.15) is 43.7 Å². The van der Waals surface area contributed by atoms with Gasteiger partial charge in [0.2, 0.25) is 5.91 Å². The van der Waals surface area contributed by atoms with Crippen LogP contribution in [0.3, 0.4) is 0 Å². The van der Waals surface area contributed by atoms with Gasteiger partial charge in [0.1, 0.15) is 18.7 Å². The molecule has 1 aliphatic heterocycles. The fourth-order valence-electron chi connectivity index (χ4n) is 4.92. The number of hydrogen-bond acceptors (Lipinski definition) is 5. The number of nitrogens with zero attached hydrogens (tertiary/aromatic N) is 1. The number of carboxylic acids is 1. The van der Waals surface area contributed by atoms with Crippen molar-refractivity contribution < 1.29 is 29.3 Å². The number of amides is 2. The Morgan fingerprint density at radius 2 is 1.68 bits per heavy atom. The molecule has 0 aromatic heterocycles. The van der Waals surface area contributed by atoms with E-state index in [1.807, 2.05) is 50.2 Å². The molecule has 1 unspecified atom stereocenters. The molecule has 3 N–H and O–H groups in total. The van der Waals surface area contributed by atoms with Gasteiger partial charge in [-0.25, -0.2) is 9.59 Å². The predicted molar refractivity (Wildman–Crippen MR) is 125 cm³/mol. The van der Waals surface area contributed by atoms with E-state index in [9.17, 15) is 24.6 Å². The highest BCUT2D eigenvalue weighted by molar-refractivity contribution is 5.90. The number of aliphatic hydroxyl groups excluding tert-OH is 1. The summed E-state index contributed by atoms with van der Waals surface area (Å²) in [4.78, 5) is 38.7. The van der Waals surface area contributed by atoms with Crippen LogP contribution in [0.15, 0.2) is 48.5 Å². The van der Waals surface area contributed by atoms with Gasteiger partial charge in [-0.3, -0.25) is 4.79 Å². The van der Waals surface area contributed by atoms with E-state index in [0.717, 1.165) is 27.2 Å². The first-order valence-electron chi connectivity index (χ1n) is 11.6. The van der Waals surface area contributed by atoms with E-state index in [4.69, 9.17) is 4.74 Å². The second-order valence-electron chi connectivity index (χ2n) is 9.07. The number of carbonyl (C=O) groups excluding carboxylic acids is 2. The van der Waals surface area contributed by atoms with E-state index in [2.05, 4.69) is 17.4 Å². The van der Waals surface area contributed by atoms with Gasteiger partial charge >= 0.3 is 12.1 Å². The maximum Gasteiger partial charge on any atom is 0.407 e. The highest BCUT2D eigenvalue weighted by Crippen LogP contribution is 2.44. The largest absolute Gasteiger partial charge is 0.480 e. The van der Waals surface area contributed by atoms with Crippen molar-refractivity contribution in [3.05, 3.63) is 59.7 Å². The van der Waals surface area contributed by atoms with Gasteiger partial charge in [-0.2, -0.15) is 0 Å². The lowest BCUT2D eigenvalue weighted by molar-refractivity contribution is -0.149. The minimum absolute atomic E-state index is 0.0285. The van der Waals surface area contributed by atoms with Crippen LogP contribution in [0.25, 0.3) is 11.1 Å². The van der Waals surface area contributed by atoms with Crippen molar-refractivity contribution in [2.75, 3.05) is 13.2 Å². The molecule has 1 fully saturated rings. The predicted octanol–water partition coefficient (Wildman–Crippen LogP) is 2.99. The zero-order chi connectivity index (χ0) is 24.4. The van der Waals surface area contributed by atoms with Crippen LogP contribution in [0.4, 0.5) is 4.79 Å². The molecule has 34 heavy (non-hydrogen) atoms. The lowest BCUT2D eigenvalue weighted by atomic mass is 9.97. The van der Waals surface area contributed by atoms with Crippen molar-refractivity contribution >= 4 is 18.0 Å². The Bertz CT molecular complexity index is 1040. The molecule has 2 aromatic carbocycles. The number of benzene rings is 2. The number of alkyl carbamates (subject to hydrolysis) is 1. The molecule has 2 aliphatic rings. The normalized spacial score (nSPS) is 20.9. The number of fused-ring (bicyclic) bond motifs is 3. The van der Waals surface area contributed by atoms with Crippen LogP contribution in [0, 0.1) is 5.92 Å². The Kier molecular flexibility index (Phi) is 6.88. The minimum Gasteiger partial charge on any atom is -0.480 e. The highest BCUT2D eigenvalue weighted by Gasteiger charge is 2.42. The Labute approximate surface area is 198 Å². The molecular weight excluding hydrogens is 436 g/mol. The molecule has 180 valence electrons. The molecule has 4 atom stereocenters. The number of hydrogen-bond donors (Lipinski definition) is 3. The summed E-state index contributed by atoms with van der Waals surface area (Å²) in [6.07, 6.45) is -1.07. The van der Waals surface area contributed by atoms with Gasteiger partial charge in [0.15, 0.2) is 0 Å². The van der Waals surface area contributed by atoms with Gasteiger partial charge in [-0.05, 0) is 28.2 Å². The van der Waals surface area contributed by atoms with E-state index in [0.29, 0.717) is 6.42 Å². The fourth-order valence-corrected chi connectivity index (χ4v) is 4.92. The number of carboxylic acid groups (broad SMARTS) is 1. The highest BCUT2D eigenvalue weighted by atomic mass is 16.5. The van der Waals surface area contributed by atoms with E-state index in [-0.39, 0.29) is 31.4 Å².